The van der Waals surface area contributed by atoms with Gasteiger partial charge in [-0.15, -0.1) is 0 Å². The molecule has 3 aromatic carbocycles. The first-order valence-corrected chi connectivity index (χ1v) is 7.91. The average Bonchev–Trinajstić information content (AvgIpc) is 2.60. The van der Waals surface area contributed by atoms with Crippen molar-refractivity contribution < 1.29 is 13.2 Å². The number of halogens is 3. The second-order valence-corrected chi connectivity index (χ2v) is 5.95. The molecular formula is C19H14BF3N2. The van der Waals surface area contributed by atoms with Crippen LogP contribution in [0.25, 0.3) is 16.8 Å². The molecule has 0 bridgehead atoms. The van der Waals surface area contributed by atoms with Crippen molar-refractivity contribution in [2.24, 2.45) is 0 Å². The highest BCUT2D eigenvalue weighted by Gasteiger charge is 2.29. The van der Waals surface area contributed by atoms with Gasteiger partial charge in [0.25, 0.3) is 0 Å². The molecule has 0 unspecified atom stereocenters. The molecule has 0 aliphatic carbocycles. The van der Waals surface area contributed by atoms with Crippen LogP contribution in [-0.4, -0.2) is 6.98 Å². The standard InChI is InChI=1S/C19H14BF3N2/c21-19(22,23)15-9-7-13(8-10-15)11-12-20-24-16-5-1-3-14-4-2-6-17(25-20)18(14)16/h1-12,24-25H/b12-11+. The SMILES string of the molecule is FC(F)(F)c1ccc(/C=C/B2Nc3cccc4cccc(c34)N2)cc1. The Kier molecular flexibility index (Phi) is 3.68. The fraction of sp³-hybridized carbons (Fsp3) is 0.0526. The van der Waals surface area contributed by atoms with Gasteiger partial charge in [-0.3, -0.25) is 0 Å². The summed E-state index contributed by atoms with van der Waals surface area (Å²) in [6, 6.07) is 17.3. The lowest BCUT2D eigenvalue weighted by atomic mass is 9.73. The summed E-state index contributed by atoms with van der Waals surface area (Å²) in [5.41, 5.74) is 2.15. The minimum atomic E-state index is -4.31. The maximum absolute atomic E-state index is 12.6. The lowest BCUT2D eigenvalue weighted by Crippen LogP contribution is -2.35. The van der Waals surface area contributed by atoms with Crippen LogP contribution in [-0.2, 0) is 6.18 Å². The molecule has 0 fully saturated rings. The number of nitrogens with one attached hydrogen (secondary N) is 2. The van der Waals surface area contributed by atoms with E-state index in [-0.39, 0.29) is 6.98 Å². The van der Waals surface area contributed by atoms with Gasteiger partial charge in [0, 0.05) is 16.8 Å². The molecule has 1 aliphatic rings. The zero-order chi connectivity index (χ0) is 17.4. The zero-order valence-electron chi connectivity index (χ0n) is 13.1. The van der Waals surface area contributed by atoms with Gasteiger partial charge in [0.15, 0.2) is 0 Å². The van der Waals surface area contributed by atoms with Crippen molar-refractivity contribution in [2.45, 2.75) is 6.18 Å². The fourth-order valence-corrected chi connectivity index (χ4v) is 3.04. The molecule has 1 aliphatic heterocycles. The first-order valence-electron chi connectivity index (χ1n) is 7.91. The van der Waals surface area contributed by atoms with Crippen molar-refractivity contribution in [3.05, 3.63) is 77.8 Å². The van der Waals surface area contributed by atoms with E-state index in [0.717, 1.165) is 34.3 Å². The molecule has 0 saturated carbocycles. The van der Waals surface area contributed by atoms with E-state index < -0.39 is 11.7 Å². The largest absolute Gasteiger partial charge is 0.416 e. The Morgan fingerprint density at radius 1 is 0.800 bits per heavy atom. The van der Waals surface area contributed by atoms with Gasteiger partial charge in [-0.2, -0.15) is 13.2 Å². The van der Waals surface area contributed by atoms with E-state index in [2.05, 4.69) is 22.6 Å². The summed E-state index contributed by atoms with van der Waals surface area (Å²) in [4.78, 5) is 0. The molecule has 2 nitrogen and oxygen atoms in total. The van der Waals surface area contributed by atoms with Crippen molar-refractivity contribution >= 4 is 35.2 Å². The van der Waals surface area contributed by atoms with E-state index >= 15 is 0 Å². The third-order valence-corrected chi connectivity index (χ3v) is 4.25. The molecule has 4 rings (SSSR count). The Hall–Kier alpha value is -2.89. The smallest absolute Gasteiger partial charge is 0.405 e. The van der Waals surface area contributed by atoms with Crippen LogP contribution in [0, 0.1) is 0 Å². The summed E-state index contributed by atoms with van der Waals surface area (Å²) in [7, 11) is 0. The van der Waals surface area contributed by atoms with Crippen LogP contribution in [0.4, 0.5) is 24.5 Å². The molecule has 6 heteroatoms. The second kappa shape index (κ2) is 5.88. The minimum absolute atomic E-state index is 0.136. The summed E-state index contributed by atoms with van der Waals surface area (Å²) in [5.74, 6) is 1.90. The third-order valence-electron chi connectivity index (χ3n) is 4.25. The molecule has 0 spiro atoms. The number of alkyl halides is 3. The molecule has 0 amide bonds. The summed E-state index contributed by atoms with van der Waals surface area (Å²) in [5, 5.41) is 9.07. The van der Waals surface area contributed by atoms with Crippen LogP contribution in [0.1, 0.15) is 11.1 Å². The van der Waals surface area contributed by atoms with Crippen molar-refractivity contribution in [1.82, 2.24) is 0 Å². The first kappa shape index (κ1) is 15.6. The molecule has 124 valence electrons. The zero-order valence-corrected chi connectivity index (χ0v) is 13.1. The maximum atomic E-state index is 12.6. The number of hydrogen-bond donors (Lipinski definition) is 2. The normalized spacial score (nSPS) is 13.8. The topological polar surface area (TPSA) is 24.1 Å². The maximum Gasteiger partial charge on any atom is 0.416 e. The minimum Gasteiger partial charge on any atom is -0.405 e. The molecule has 3 aromatic rings. The Labute approximate surface area is 143 Å². The van der Waals surface area contributed by atoms with Crippen molar-refractivity contribution in [3.63, 3.8) is 0 Å². The lowest BCUT2D eigenvalue weighted by Gasteiger charge is -2.24. The summed E-state index contributed by atoms with van der Waals surface area (Å²) < 4.78 is 37.8. The second-order valence-electron chi connectivity index (χ2n) is 5.95. The highest BCUT2D eigenvalue weighted by atomic mass is 19.4. The molecule has 0 aromatic heterocycles. The molecule has 2 N–H and O–H groups in total. The lowest BCUT2D eigenvalue weighted by molar-refractivity contribution is -0.137. The van der Waals surface area contributed by atoms with E-state index in [4.69, 9.17) is 0 Å². The monoisotopic (exact) mass is 338 g/mol. The van der Waals surface area contributed by atoms with Gasteiger partial charge >= 0.3 is 13.2 Å². The Balaban J connectivity index is 1.55. The van der Waals surface area contributed by atoms with E-state index in [9.17, 15) is 13.2 Å². The number of anilines is 2. The van der Waals surface area contributed by atoms with Gasteiger partial charge in [-0.25, -0.2) is 0 Å². The Bertz CT molecular complexity index is 908. The molecule has 1 heterocycles. The van der Waals surface area contributed by atoms with Gasteiger partial charge in [0.2, 0.25) is 0 Å². The van der Waals surface area contributed by atoms with E-state index in [1.807, 2.05) is 30.2 Å². The summed E-state index contributed by atoms with van der Waals surface area (Å²) >= 11 is 0. The van der Waals surface area contributed by atoms with Crippen LogP contribution >= 0.6 is 0 Å². The fourth-order valence-electron chi connectivity index (χ4n) is 3.04. The Morgan fingerprint density at radius 2 is 1.40 bits per heavy atom. The number of hydrogen-bond acceptors (Lipinski definition) is 2. The van der Waals surface area contributed by atoms with E-state index in [1.165, 1.54) is 12.1 Å². The molecular weight excluding hydrogens is 324 g/mol. The van der Waals surface area contributed by atoms with Gasteiger partial charge in [-0.05, 0) is 35.2 Å². The number of benzene rings is 3. The summed E-state index contributed by atoms with van der Waals surface area (Å²) in [6.45, 7) is -0.136. The molecule has 25 heavy (non-hydrogen) atoms. The van der Waals surface area contributed by atoms with Gasteiger partial charge in [0.05, 0.1) is 5.56 Å². The highest BCUT2D eigenvalue weighted by Crippen LogP contribution is 2.34. The number of rotatable bonds is 2. The molecule has 0 atom stereocenters. The van der Waals surface area contributed by atoms with Gasteiger partial charge in [-0.1, -0.05) is 48.4 Å². The highest BCUT2D eigenvalue weighted by molar-refractivity contribution is 6.73. The van der Waals surface area contributed by atoms with Crippen LogP contribution < -0.4 is 10.5 Å². The molecule has 0 radical (unpaired) electrons. The van der Waals surface area contributed by atoms with Crippen LogP contribution in [0.3, 0.4) is 0 Å². The summed E-state index contributed by atoms with van der Waals surface area (Å²) in [6.07, 6.45) is -2.50. The quantitative estimate of drug-likeness (QED) is 0.608. The van der Waals surface area contributed by atoms with E-state index in [0.29, 0.717) is 5.56 Å². The molecule has 0 saturated heterocycles. The van der Waals surface area contributed by atoms with Crippen molar-refractivity contribution in [1.29, 1.82) is 0 Å². The van der Waals surface area contributed by atoms with Crippen LogP contribution in [0.2, 0.25) is 0 Å². The predicted molar refractivity (Wildman–Crippen MR) is 97.4 cm³/mol. The van der Waals surface area contributed by atoms with E-state index in [1.54, 1.807) is 6.08 Å². The van der Waals surface area contributed by atoms with Crippen LogP contribution in [0.15, 0.2) is 66.6 Å². The van der Waals surface area contributed by atoms with Gasteiger partial charge < -0.3 is 10.5 Å². The van der Waals surface area contributed by atoms with Gasteiger partial charge in [0.1, 0.15) is 0 Å². The predicted octanol–water partition coefficient (Wildman–Crippen LogP) is 5.44. The van der Waals surface area contributed by atoms with Crippen molar-refractivity contribution in [3.8, 4) is 0 Å². The van der Waals surface area contributed by atoms with Crippen LogP contribution in [0.5, 0.6) is 0 Å². The third kappa shape index (κ3) is 3.07. The first-order chi connectivity index (χ1) is 12.0. The van der Waals surface area contributed by atoms with Crippen molar-refractivity contribution in [2.75, 3.05) is 10.5 Å². The average molecular weight is 338 g/mol. The Morgan fingerprint density at radius 3 is 1.96 bits per heavy atom.